The summed E-state index contributed by atoms with van der Waals surface area (Å²) in [7, 11) is 0. The van der Waals surface area contributed by atoms with Crippen molar-refractivity contribution in [2.75, 3.05) is 5.32 Å². The minimum atomic E-state index is -4.43. The molecule has 0 fully saturated rings. The molecular formula is C16H13F3N2O2. The third-order valence-corrected chi connectivity index (χ3v) is 3.24. The molecule has 2 aromatic rings. The molecule has 0 aliphatic rings. The van der Waals surface area contributed by atoms with E-state index in [-0.39, 0.29) is 16.8 Å². The Balaban J connectivity index is 2.19. The summed E-state index contributed by atoms with van der Waals surface area (Å²) < 4.78 is 37.4. The molecule has 0 aliphatic heterocycles. The highest BCUT2D eigenvalue weighted by Gasteiger charge is 2.30. The average Bonchev–Trinajstić information content (AvgIpc) is 2.47. The summed E-state index contributed by atoms with van der Waals surface area (Å²) in [5, 5.41) is 2.46. The van der Waals surface area contributed by atoms with Crippen LogP contribution in [0.2, 0.25) is 0 Å². The number of carbonyl (C=O) groups excluding carboxylic acids is 2. The lowest BCUT2D eigenvalue weighted by Crippen LogP contribution is -2.16. The number of nitrogens with two attached hydrogens (primary N) is 1. The lowest BCUT2D eigenvalue weighted by Gasteiger charge is -2.10. The number of hydrogen-bond acceptors (Lipinski definition) is 2. The number of rotatable bonds is 3. The molecule has 0 aliphatic carbocycles. The number of alkyl halides is 3. The van der Waals surface area contributed by atoms with Crippen LogP contribution in [0.25, 0.3) is 0 Å². The second kappa shape index (κ2) is 6.12. The number of hydrogen-bond donors (Lipinski definition) is 2. The van der Waals surface area contributed by atoms with Crippen molar-refractivity contribution >= 4 is 17.5 Å². The van der Waals surface area contributed by atoms with Crippen molar-refractivity contribution in [3.8, 4) is 0 Å². The van der Waals surface area contributed by atoms with E-state index in [0.717, 1.165) is 24.3 Å². The zero-order valence-corrected chi connectivity index (χ0v) is 12.1. The third kappa shape index (κ3) is 3.88. The van der Waals surface area contributed by atoms with Gasteiger partial charge in [0.15, 0.2) is 0 Å². The molecule has 0 heterocycles. The Morgan fingerprint density at radius 2 is 1.65 bits per heavy atom. The first-order valence-corrected chi connectivity index (χ1v) is 6.57. The predicted molar refractivity (Wildman–Crippen MR) is 79.1 cm³/mol. The zero-order chi connectivity index (χ0) is 17.2. The number of halogens is 3. The van der Waals surface area contributed by atoms with E-state index in [9.17, 15) is 22.8 Å². The molecule has 3 N–H and O–H groups in total. The van der Waals surface area contributed by atoms with E-state index in [1.54, 1.807) is 13.0 Å². The molecule has 0 unspecified atom stereocenters. The van der Waals surface area contributed by atoms with Crippen molar-refractivity contribution in [1.29, 1.82) is 0 Å². The molecule has 120 valence electrons. The van der Waals surface area contributed by atoms with Crippen LogP contribution < -0.4 is 11.1 Å². The molecule has 0 saturated carbocycles. The molecule has 0 aromatic heterocycles. The Morgan fingerprint density at radius 1 is 1.04 bits per heavy atom. The van der Waals surface area contributed by atoms with Crippen molar-refractivity contribution in [2.45, 2.75) is 13.1 Å². The van der Waals surface area contributed by atoms with Gasteiger partial charge in [-0.3, -0.25) is 9.59 Å². The number of carbonyl (C=O) groups is 2. The van der Waals surface area contributed by atoms with Crippen LogP contribution in [0.4, 0.5) is 18.9 Å². The molecule has 4 nitrogen and oxygen atoms in total. The fourth-order valence-corrected chi connectivity index (χ4v) is 1.97. The summed E-state index contributed by atoms with van der Waals surface area (Å²) in [6.45, 7) is 1.68. The number of benzene rings is 2. The second-order valence-corrected chi connectivity index (χ2v) is 4.92. The zero-order valence-electron chi connectivity index (χ0n) is 12.1. The number of amides is 2. The molecule has 0 radical (unpaired) electrons. The summed E-state index contributed by atoms with van der Waals surface area (Å²) in [4.78, 5) is 23.4. The third-order valence-electron chi connectivity index (χ3n) is 3.24. The van der Waals surface area contributed by atoms with E-state index in [0.29, 0.717) is 5.56 Å². The van der Waals surface area contributed by atoms with Crippen LogP contribution >= 0.6 is 0 Å². The topological polar surface area (TPSA) is 72.2 Å². The highest BCUT2D eigenvalue weighted by atomic mass is 19.4. The Morgan fingerprint density at radius 3 is 2.17 bits per heavy atom. The first-order chi connectivity index (χ1) is 10.7. The predicted octanol–water partition coefficient (Wildman–Crippen LogP) is 3.37. The molecule has 2 amide bonds. The van der Waals surface area contributed by atoms with Gasteiger partial charge < -0.3 is 11.1 Å². The van der Waals surface area contributed by atoms with Crippen LogP contribution in [0.1, 0.15) is 31.8 Å². The van der Waals surface area contributed by atoms with Crippen LogP contribution in [0.15, 0.2) is 42.5 Å². The van der Waals surface area contributed by atoms with Gasteiger partial charge in [0.05, 0.1) is 5.56 Å². The Labute approximate surface area is 130 Å². The second-order valence-electron chi connectivity index (χ2n) is 4.92. The fraction of sp³-hybridized carbons (Fsp3) is 0.125. The van der Waals surface area contributed by atoms with E-state index in [1.165, 1.54) is 12.1 Å². The van der Waals surface area contributed by atoms with E-state index >= 15 is 0 Å². The maximum atomic E-state index is 12.5. The van der Waals surface area contributed by atoms with Gasteiger partial charge in [-0.25, -0.2) is 0 Å². The highest BCUT2D eigenvalue weighted by molar-refractivity contribution is 6.06. The van der Waals surface area contributed by atoms with Crippen LogP contribution in [0.3, 0.4) is 0 Å². The number of primary amides is 1. The summed E-state index contributed by atoms with van der Waals surface area (Å²) in [6, 6.07) is 8.48. The van der Waals surface area contributed by atoms with E-state index in [2.05, 4.69) is 5.32 Å². The first kappa shape index (κ1) is 16.5. The van der Waals surface area contributed by atoms with Crippen LogP contribution in [0.5, 0.6) is 0 Å². The van der Waals surface area contributed by atoms with Crippen molar-refractivity contribution in [1.82, 2.24) is 0 Å². The average molecular weight is 322 g/mol. The van der Waals surface area contributed by atoms with Gasteiger partial charge in [-0.05, 0) is 48.9 Å². The Hall–Kier alpha value is -2.83. The molecule has 0 atom stereocenters. The van der Waals surface area contributed by atoms with Gasteiger partial charge in [-0.15, -0.1) is 0 Å². The van der Waals surface area contributed by atoms with Gasteiger partial charge in [0, 0.05) is 16.8 Å². The maximum Gasteiger partial charge on any atom is 0.416 e. The van der Waals surface area contributed by atoms with E-state index in [4.69, 9.17) is 5.73 Å². The number of anilines is 1. The van der Waals surface area contributed by atoms with Crippen LogP contribution in [-0.2, 0) is 6.18 Å². The van der Waals surface area contributed by atoms with Gasteiger partial charge in [0.2, 0.25) is 5.91 Å². The molecule has 2 aromatic carbocycles. The van der Waals surface area contributed by atoms with Crippen molar-refractivity contribution in [3.05, 3.63) is 64.7 Å². The minimum absolute atomic E-state index is 0.185. The van der Waals surface area contributed by atoms with Crippen LogP contribution in [0, 0.1) is 6.92 Å². The molecule has 0 spiro atoms. The van der Waals surface area contributed by atoms with Gasteiger partial charge >= 0.3 is 6.18 Å². The SMILES string of the molecule is Cc1ccc(C(=O)Nc2ccc(C(F)(F)F)cc2)cc1C(N)=O. The molecule has 0 bridgehead atoms. The first-order valence-electron chi connectivity index (χ1n) is 6.57. The summed E-state index contributed by atoms with van der Waals surface area (Å²) in [5.74, 6) is -1.21. The monoisotopic (exact) mass is 322 g/mol. The maximum absolute atomic E-state index is 12.5. The Bertz CT molecular complexity index is 753. The summed E-state index contributed by atoms with van der Waals surface area (Å²) in [6.07, 6.45) is -4.43. The quantitative estimate of drug-likeness (QED) is 0.909. The fourth-order valence-electron chi connectivity index (χ4n) is 1.97. The standard InChI is InChI=1S/C16H13F3N2O2/c1-9-2-3-10(8-13(9)14(20)22)15(23)21-12-6-4-11(5-7-12)16(17,18)19/h2-8H,1H3,(H2,20,22)(H,21,23). The van der Waals surface area contributed by atoms with Crippen molar-refractivity contribution in [3.63, 3.8) is 0 Å². The van der Waals surface area contributed by atoms with Crippen molar-refractivity contribution in [2.24, 2.45) is 5.73 Å². The highest BCUT2D eigenvalue weighted by Crippen LogP contribution is 2.29. The molecule has 23 heavy (non-hydrogen) atoms. The normalized spacial score (nSPS) is 11.1. The largest absolute Gasteiger partial charge is 0.416 e. The van der Waals surface area contributed by atoms with Crippen LogP contribution in [-0.4, -0.2) is 11.8 Å². The molecule has 0 saturated heterocycles. The summed E-state index contributed by atoms with van der Waals surface area (Å²) >= 11 is 0. The molecular weight excluding hydrogens is 309 g/mol. The summed E-state index contributed by atoms with van der Waals surface area (Å²) in [5.41, 5.74) is 5.65. The number of nitrogens with one attached hydrogen (secondary N) is 1. The van der Waals surface area contributed by atoms with Crippen molar-refractivity contribution < 1.29 is 22.8 Å². The van der Waals surface area contributed by atoms with Gasteiger partial charge in [-0.2, -0.15) is 13.2 Å². The smallest absolute Gasteiger partial charge is 0.366 e. The lowest BCUT2D eigenvalue weighted by molar-refractivity contribution is -0.137. The Kier molecular flexibility index (Phi) is 4.40. The van der Waals surface area contributed by atoms with E-state index in [1.807, 2.05) is 0 Å². The minimum Gasteiger partial charge on any atom is -0.366 e. The van der Waals surface area contributed by atoms with E-state index < -0.39 is 23.6 Å². The van der Waals surface area contributed by atoms with Gasteiger partial charge in [-0.1, -0.05) is 6.07 Å². The number of aryl methyl sites for hydroxylation is 1. The molecule has 2 rings (SSSR count). The molecule has 7 heteroatoms. The lowest BCUT2D eigenvalue weighted by atomic mass is 10.0. The van der Waals surface area contributed by atoms with Gasteiger partial charge in [0.25, 0.3) is 5.91 Å². The van der Waals surface area contributed by atoms with Gasteiger partial charge in [0.1, 0.15) is 0 Å².